The maximum absolute atomic E-state index is 5.71. The average Bonchev–Trinajstić information content (AvgIpc) is 3.16. The molecule has 1 saturated carbocycles. The molecule has 1 N–H and O–H groups in total. The zero-order valence-corrected chi connectivity index (χ0v) is 14.0. The molecule has 0 saturated heterocycles. The molecule has 1 fully saturated rings. The van der Waals surface area contributed by atoms with Gasteiger partial charge in [-0.05, 0) is 46.5 Å². The van der Waals surface area contributed by atoms with Gasteiger partial charge in [-0.2, -0.15) is 4.98 Å². The van der Waals surface area contributed by atoms with E-state index in [1.165, 1.54) is 12.8 Å². The molecule has 0 amide bonds. The summed E-state index contributed by atoms with van der Waals surface area (Å²) in [7, 11) is 1.73. The smallest absolute Gasteiger partial charge is 0.297 e. The highest BCUT2D eigenvalue weighted by molar-refractivity contribution is 5.30. The number of methoxy groups -OCH3 is 1. The van der Waals surface area contributed by atoms with E-state index in [1.54, 1.807) is 13.4 Å². The zero-order chi connectivity index (χ0) is 15.5. The van der Waals surface area contributed by atoms with Crippen LogP contribution in [0, 0.1) is 5.92 Å². The van der Waals surface area contributed by atoms with E-state index < -0.39 is 0 Å². The predicted molar refractivity (Wildman–Crippen MR) is 84.5 cm³/mol. The molecular weight excluding hydrogens is 266 g/mol. The molecule has 2 rings (SSSR count). The van der Waals surface area contributed by atoms with Crippen molar-refractivity contribution in [3.63, 3.8) is 0 Å². The van der Waals surface area contributed by atoms with Gasteiger partial charge < -0.3 is 19.4 Å². The molecule has 0 aromatic carbocycles. The first-order valence-corrected chi connectivity index (χ1v) is 7.85. The standard InChI is InChI=1S/C16H29N3O2/c1-12(13-6-7-13)19(8-9-20-5)15-18-14(11-21-15)10-17-16(2,3)4/h11-13,17H,6-10H2,1-5H3. The molecule has 1 aromatic heterocycles. The van der Waals surface area contributed by atoms with Crippen molar-refractivity contribution in [1.82, 2.24) is 10.3 Å². The van der Waals surface area contributed by atoms with Crippen LogP contribution in [-0.2, 0) is 11.3 Å². The quantitative estimate of drug-likeness (QED) is 0.799. The molecule has 0 bridgehead atoms. The Morgan fingerprint density at radius 2 is 2.19 bits per heavy atom. The van der Waals surface area contributed by atoms with Gasteiger partial charge in [-0.25, -0.2) is 0 Å². The van der Waals surface area contributed by atoms with Gasteiger partial charge in [-0.1, -0.05) is 0 Å². The first-order valence-electron chi connectivity index (χ1n) is 7.85. The fourth-order valence-electron chi connectivity index (χ4n) is 2.36. The van der Waals surface area contributed by atoms with Crippen molar-refractivity contribution in [1.29, 1.82) is 0 Å². The minimum absolute atomic E-state index is 0.0795. The van der Waals surface area contributed by atoms with Crippen LogP contribution in [0.3, 0.4) is 0 Å². The molecule has 0 radical (unpaired) electrons. The Hall–Kier alpha value is -1.07. The highest BCUT2D eigenvalue weighted by Crippen LogP contribution is 2.36. The lowest BCUT2D eigenvalue weighted by Crippen LogP contribution is -2.37. The lowest BCUT2D eigenvalue weighted by molar-refractivity contribution is 0.201. The van der Waals surface area contributed by atoms with Gasteiger partial charge in [0.15, 0.2) is 0 Å². The van der Waals surface area contributed by atoms with Crippen LogP contribution >= 0.6 is 0 Å². The van der Waals surface area contributed by atoms with Crippen molar-refractivity contribution in [2.45, 2.75) is 58.7 Å². The third-order valence-corrected chi connectivity index (χ3v) is 3.92. The van der Waals surface area contributed by atoms with Gasteiger partial charge in [0.2, 0.25) is 0 Å². The minimum atomic E-state index is 0.0795. The van der Waals surface area contributed by atoms with Crippen LogP contribution in [0.1, 0.15) is 46.2 Å². The largest absolute Gasteiger partial charge is 0.432 e. The molecule has 1 aromatic rings. The van der Waals surface area contributed by atoms with E-state index in [2.05, 4.69) is 42.9 Å². The molecule has 120 valence electrons. The number of oxazole rings is 1. The minimum Gasteiger partial charge on any atom is -0.432 e. The van der Waals surface area contributed by atoms with E-state index >= 15 is 0 Å². The third kappa shape index (κ3) is 5.00. The number of ether oxygens (including phenoxy) is 1. The number of nitrogens with one attached hydrogen (secondary N) is 1. The summed E-state index contributed by atoms with van der Waals surface area (Å²) in [6, 6.07) is 1.18. The van der Waals surface area contributed by atoms with Gasteiger partial charge in [0.1, 0.15) is 6.26 Å². The van der Waals surface area contributed by atoms with E-state index in [-0.39, 0.29) is 5.54 Å². The molecule has 0 aliphatic heterocycles. The summed E-state index contributed by atoms with van der Waals surface area (Å²) in [4.78, 5) is 6.88. The Morgan fingerprint density at radius 3 is 2.76 bits per heavy atom. The second-order valence-electron chi connectivity index (χ2n) is 6.99. The van der Waals surface area contributed by atoms with E-state index in [9.17, 15) is 0 Å². The second kappa shape index (κ2) is 6.79. The van der Waals surface area contributed by atoms with Crippen molar-refractivity contribution in [3.8, 4) is 0 Å². The normalized spacial score (nSPS) is 17.0. The Kier molecular flexibility index (Phi) is 5.27. The molecule has 21 heavy (non-hydrogen) atoms. The zero-order valence-electron chi connectivity index (χ0n) is 14.0. The number of aromatic nitrogens is 1. The van der Waals surface area contributed by atoms with Gasteiger partial charge in [0, 0.05) is 31.8 Å². The second-order valence-corrected chi connectivity index (χ2v) is 6.99. The van der Waals surface area contributed by atoms with E-state index in [0.717, 1.165) is 30.7 Å². The molecule has 5 nitrogen and oxygen atoms in total. The van der Waals surface area contributed by atoms with Gasteiger partial charge in [0.05, 0.1) is 12.3 Å². The number of nitrogens with zero attached hydrogens (tertiary/aromatic N) is 2. The molecular formula is C16H29N3O2. The number of anilines is 1. The SMILES string of the molecule is COCCN(c1nc(CNC(C)(C)C)co1)C(C)C1CC1. The van der Waals surface area contributed by atoms with Crippen LogP contribution in [0.4, 0.5) is 6.01 Å². The molecule has 1 unspecified atom stereocenters. The topological polar surface area (TPSA) is 50.5 Å². The van der Waals surface area contributed by atoms with Crippen LogP contribution in [-0.4, -0.2) is 36.8 Å². The first kappa shape index (κ1) is 16.3. The highest BCUT2D eigenvalue weighted by Gasteiger charge is 2.33. The van der Waals surface area contributed by atoms with Gasteiger partial charge in [-0.15, -0.1) is 0 Å². The Bertz CT molecular complexity index is 435. The van der Waals surface area contributed by atoms with Crippen LogP contribution in [0.5, 0.6) is 0 Å². The molecule has 0 spiro atoms. The fourth-order valence-corrected chi connectivity index (χ4v) is 2.36. The molecule has 1 aliphatic carbocycles. The maximum Gasteiger partial charge on any atom is 0.297 e. The predicted octanol–water partition coefficient (Wildman–Crippen LogP) is 2.81. The van der Waals surface area contributed by atoms with Gasteiger partial charge in [0.25, 0.3) is 6.01 Å². The number of hydrogen-bond acceptors (Lipinski definition) is 5. The lowest BCUT2D eigenvalue weighted by atomic mass is 10.1. The monoisotopic (exact) mass is 295 g/mol. The summed E-state index contributed by atoms with van der Waals surface area (Å²) in [6.45, 7) is 10.9. The van der Waals surface area contributed by atoms with Crippen molar-refractivity contribution in [2.75, 3.05) is 25.2 Å². The summed E-state index contributed by atoms with van der Waals surface area (Å²) in [5, 5.41) is 3.43. The number of rotatable bonds is 8. The van der Waals surface area contributed by atoms with Crippen molar-refractivity contribution in [2.24, 2.45) is 5.92 Å². The van der Waals surface area contributed by atoms with Crippen LogP contribution in [0.2, 0.25) is 0 Å². The Labute approximate surface area is 128 Å². The summed E-state index contributed by atoms with van der Waals surface area (Å²) >= 11 is 0. The fraction of sp³-hybridized carbons (Fsp3) is 0.812. The van der Waals surface area contributed by atoms with Gasteiger partial charge in [-0.3, -0.25) is 0 Å². The molecule has 1 heterocycles. The lowest BCUT2D eigenvalue weighted by Gasteiger charge is -2.27. The van der Waals surface area contributed by atoms with Crippen LogP contribution in [0.15, 0.2) is 10.7 Å². The molecule has 1 atom stereocenters. The first-order chi connectivity index (χ1) is 9.90. The average molecular weight is 295 g/mol. The number of hydrogen-bond donors (Lipinski definition) is 1. The van der Waals surface area contributed by atoms with Crippen LogP contribution < -0.4 is 10.2 Å². The van der Waals surface area contributed by atoms with E-state index in [4.69, 9.17) is 9.15 Å². The molecule has 1 aliphatic rings. The highest BCUT2D eigenvalue weighted by atomic mass is 16.5. The van der Waals surface area contributed by atoms with Crippen molar-refractivity contribution >= 4 is 6.01 Å². The van der Waals surface area contributed by atoms with Crippen molar-refractivity contribution in [3.05, 3.63) is 12.0 Å². The van der Waals surface area contributed by atoms with E-state index in [1.807, 2.05) is 0 Å². The summed E-state index contributed by atoms with van der Waals surface area (Å²) in [5.41, 5.74) is 1.03. The summed E-state index contributed by atoms with van der Waals surface area (Å²) < 4.78 is 10.9. The summed E-state index contributed by atoms with van der Waals surface area (Å²) in [6.07, 6.45) is 4.38. The maximum atomic E-state index is 5.71. The van der Waals surface area contributed by atoms with Crippen molar-refractivity contribution < 1.29 is 9.15 Å². The van der Waals surface area contributed by atoms with Gasteiger partial charge >= 0.3 is 0 Å². The van der Waals surface area contributed by atoms with Crippen LogP contribution in [0.25, 0.3) is 0 Å². The Balaban J connectivity index is 2.00. The molecule has 5 heteroatoms. The summed E-state index contributed by atoms with van der Waals surface area (Å²) in [5.74, 6) is 0.768. The third-order valence-electron chi connectivity index (χ3n) is 3.92. The Morgan fingerprint density at radius 1 is 1.48 bits per heavy atom. The van der Waals surface area contributed by atoms with E-state index in [0.29, 0.717) is 12.6 Å².